The molecule has 0 heterocycles. The van der Waals surface area contributed by atoms with E-state index < -0.39 is 15.8 Å². The average molecular weight is 403 g/mol. The first-order chi connectivity index (χ1) is 4.00. The SMILES string of the molecule is O=P([O-])([O-])F.O=P([O-])([O-])F.[Pb]. The molecule has 0 unspecified atom stereocenters. The minimum absolute atomic E-state index is 0. The Morgan fingerprint density at radius 1 is 0.818 bits per heavy atom. The Bertz CT molecular complexity index is 131. The van der Waals surface area contributed by atoms with Crippen LogP contribution in [0.2, 0.25) is 0 Å². The van der Waals surface area contributed by atoms with Gasteiger partial charge in [-0.2, -0.15) is 0 Å². The first-order valence-corrected chi connectivity index (χ1v) is 4.30. The van der Waals surface area contributed by atoms with Crippen molar-refractivity contribution in [1.29, 1.82) is 0 Å². The number of halogens is 2. The summed E-state index contributed by atoms with van der Waals surface area (Å²) in [6, 6.07) is 0. The molecule has 0 spiro atoms. The van der Waals surface area contributed by atoms with E-state index in [2.05, 4.69) is 0 Å². The molecule has 11 heavy (non-hydrogen) atoms. The van der Waals surface area contributed by atoms with Gasteiger partial charge >= 0.3 is 0 Å². The monoisotopic (exact) mass is 404 g/mol. The largest absolute Gasteiger partial charge is 0.786 e. The molecule has 4 radical (unpaired) electrons. The van der Waals surface area contributed by atoms with Crippen molar-refractivity contribution < 1.29 is 37.1 Å². The summed E-state index contributed by atoms with van der Waals surface area (Å²) in [6.45, 7) is 0. The molecule has 0 aliphatic rings. The number of hydrogen-bond acceptors (Lipinski definition) is 6. The van der Waals surface area contributed by atoms with E-state index >= 15 is 0 Å². The van der Waals surface area contributed by atoms with Gasteiger partial charge in [-0.15, -0.1) is 0 Å². The Kier molecular flexibility index (Phi) is 10.8. The molecule has 11 heteroatoms. The maximum atomic E-state index is 10.1. The second-order valence-electron chi connectivity index (χ2n) is 0.861. The van der Waals surface area contributed by atoms with Crippen LogP contribution in [0, 0.1) is 0 Å². The van der Waals surface area contributed by atoms with Gasteiger partial charge in [0.2, 0.25) is 0 Å². The van der Waals surface area contributed by atoms with Crippen molar-refractivity contribution in [3.05, 3.63) is 0 Å². The molecule has 0 aromatic heterocycles. The predicted octanol–water partition coefficient (Wildman–Crippen LogP) is -2.81. The predicted molar refractivity (Wildman–Crippen MR) is 23.2 cm³/mol. The summed E-state index contributed by atoms with van der Waals surface area (Å²) in [4.78, 5) is 33.8. The van der Waals surface area contributed by atoms with Crippen LogP contribution in [0.5, 0.6) is 0 Å². The zero-order valence-corrected chi connectivity index (χ0v) is 10.3. The molecule has 68 valence electrons. The smallest absolute Gasteiger partial charge is 0.110 e. The maximum absolute atomic E-state index is 10.1. The molecule has 0 N–H and O–H groups in total. The average Bonchev–Trinajstić information content (AvgIpc) is 1.12. The summed E-state index contributed by atoms with van der Waals surface area (Å²) in [6.07, 6.45) is 0. The first kappa shape index (κ1) is 18.0. The quantitative estimate of drug-likeness (QED) is 0.318. The van der Waals surface area contributed by atoms with Crippen LogP contribution in [-0.2, 0) is 9.13 Å². The third-order valence-corrected chi connectivity index (χ3v) is 0. The molecule has 0 atom stereocenters. The van der Waals surface area contributed by atoms with Crippen LogP contribution < -0.4 is 19.6 Å². The minimum Gasteiger partial charge on any atom is -0.786 e. The summed E-state index contributed by atoms with van der Waals surface area (Å²) < 4.78 is 37.1. The van der Waals surface area contributed by atoms with E-state index in [0.717, 1.165) is 0 Å². The van der Waals surface area contributed by atoms with Gasteiger partial charge < -0.3 is 28.7 Å². The second-order valence-corrected chi connectivity index (χ2v) is 2.58. The summed E-state index contributed by atoms with van der Waals surface area (Å²) in [5.41, 5.74) is 0. The van der Waals surface area contributed by atoms with Gasteiger partial charge in [0.25, 0.3) is 0 Å². The third-order valence-electron chi connectivity index (χ3n) is 0. The van der Waals surface area contributed by atoms with Crippen LogP contribution in [0.15, 0.2) is 0 Å². The fourth-order valence-electron chi connectivity index (χ4n) is 0. The summed E-state index contributed by atoms with van der Waals surface area (Å²) in [5, 5.41) is 0. The molecule has 0 aromatic carbocycles. The van der Waals surface area contributed by atoms with Crippen LogP contribution in [0.3, 0.4) is 0 Å². The molecular weight excluding hydrogens is 403 g/mol. The van der Waals surface area contributed by atoms with E-state index in [1.165, 1.54) is 0 Å². The van der Waals surface area contributed by atoms with E-state index in [9.17, 15) is 8.39 Å². The first-order valence-electron chi connectivity index (χ1n) is 1.43. The molecule has 0 bridgehead atoms. The van der Waals surface area contributed by atoms with Crippen molar-refractivity contribution in [2.24, 2.45) is 0 Å². The van der Waals surface area contributed by atoms with Gasteiger partial charge in [0.05, 0.1) is 0 Å². The van der Waals surface area contributed by atoms with Gasteiger partial charge in [-0.25, -0.2) is 8.39 Å². The Labute approximate surface area is 80.3 Å². The molecule has 0 fully saturated rings. The fourth-order valence-corrected chi connectivity index (χ4v) is 0. The van der Waals surface area contributed by atoms with E-state index in [-0.39, 0.29) is 27.3 Å². The topological polar surface area (TPSA) is 126 Å². The molecular formula is F2O6P2Pb-4. The standard InChI is InChI=1S/2FH2O3P.Pb/c2*1-5(2,3)4;/h2*(H2,2,3,4);/p-4. The summed E-state index contributed by atoms with van der Waals surface area (Å²) in [5.74, 6) is 0. The molecule has 0 aromatic rings. The Balaban J connectivity index is -0.000000107. The number of hydrogen-bond donors (Lipinski definition) is 0. The van der Waals surface area contributed by atoms with Crippen molar-refractivity contribution in [2.45, 2.75) is 0 Å². The van der Waals surface area contributed by atoms with Crippen molar-refractivity contribution in [3.8, 4) is 0 Å². The van der Waals surface area contributed by atoms with Gasteiger partial charge in [-0.05, 0) is 0 Å². The van der Waals surface area contributed by atoms with Crippen LogP contribution in [0.4, 0.5) is 8.39 Å². The fraction of sp³-hybridized carbons (Fsp3) is 0. The van der Waals surface area contributed by atoms with Gasteiger partial charge in [0, 0.05) is 27.3 Å². The third kappa shape index (κ3) is 781. The zero-order chi connectivity index (χ0) is 9.00. The molecule has 6 nitrogen and oxygen atoms in total. The van der Waals surface area contributed by atoms with E-state index in [1.54, 1.807) is 0 Å². The molecule has 0 saturated carbocycles. The zero-order valence-electron chi connectivity index (χ0n) is 4.60. The van der Waals surface area contributed by atoms with Crippen molar-refractivity contribution in [1.82, 2.24) is 0 Å². The van der Waals surface area contributed by atoms with Crippen LogP contribution >= 0.6 is 15.8 Å². The number of rotatable bonds is 0. The second kappa shape index (κ2) is 6.58. The Hall–Kier alpha value is 1.08. The molecule has 0 rings (SSSR count). The molecule has 0 aliphatic carbocycles. The van der Waals surface area contributed by atoms with Crippen LogP contribution in [-0.4, -0.2) is 27.3 Å². The normalized spacial score (nSPS) is 10.7. The molecule has 0 saturated heterocycles. The molecule has 0 aliphatic heterocycles. The Morgan fingerprint density at radius 2 is 0.818 bits per heavy atom. The van der Waals surface area contributed by atoms with Gasteiger partial charge in [0.1, 0.15) is 15.8 Å². The maximum Gasteiger partial charge on any atom is 0.110 e. The summed E-state index contributed by atoms with van der Waals surface area (Å²) in [7, 11) is -11.3. The van der Waals surface area contributed by atoms with Crippen LogP contribution in [0.1, 0.15) is 0 Å². The van der Waals surface area contributed by atoms with Crippen molar-refractivity contribution in [3.63, 3.8) is 0 Å². The van der Waals surface area contributed by atoms with Gasteiger partial charge in [0.15, 0.2) is 0 Å². The summed E-state index contributed by atoms with van der Waals surface area (Å²) >= 11 is 0. The van der Waals surface area contributed by atoms with E-state index in [0.29, 0.717) is 0 Å². The van der Waals surface area contributed by atoms with Crippen molar-refractivity contribution in [2.75, 3.05) is 0 Å². The van der Waals surface area contributed by atoms with Crippen molar-refractivity contribution >= 4 is 43.1 Å². The minimum atomic E-state index is -5.64. The van der Waals surface area contributed by atoms with Gasteiger partial charge in [-0.3, -0.25) is 0 Å². The Morgan fingerprint density at radius 3 is 0.818 bits per heavy atom. The molecule has 0 amide bonds. The van der Waals surface area contributed by atoms with Crippen LogP contribution in [0.25, 0.3) is 0 Å². The van der Waals surface area contributed by atoms with Gasteiger partial charge in [-0.1, -0.05) is 0 Å². The van der Waals surface area contributed by atoms with E-state index in [1.807, 2.05) is 0 Å². The van der Waals surface area contributed by atoms with E-state index in [4.69, 9.17) is 28.7 Å².